The summed E-state index contributed by atoms with van der Waals surface area (Å²) >= 11 is 0. The monoisotopic (exact) mass is 398 g/mol. The molecule has 1 amide bonds. The van der Waals surface area contributed by atoms with Gasteiger partial charge >= 0.3 is 6.18 Å². The van der Waals surface area contributed by atoms with Crippen molar-refractivity contribution in [3.8, 4) is 0 Å². The molecule has 1 fully saturated rings. The van der Waals surface area contributed by atoms with Gasteiger partial charge in [-0.05, 0) is 37.5 Å². The topological polar surface area (TPSA) is 74.9 Å². The van der Waals surface area contributed by atoms with E-state index in [0.717, 1.165) is 12.1 Å². The summed E-state index contributed by atoms with van der Waals surface area (Å²) < 4.78 is 50.8. The minimum atomic E-state index is -4.48. The standard InChI is InChI=1S/C19H21F3N2O4/c20-19(21,22)11-1-2-15-14(9-11)16-17(28-15)18(26)23-5-7-24(16)6-3-13-10-12(25)4-8-27-13/h1-2,9,12-13,25H,3-8,10H2,(H,23,26). The number of aliphatic hydroxyl groups excluding tert-OH is 1. The first-order valence-electron chi connectivity index (χ1n) is 9.29. The molecule has 2 aliphatic heterocycles. The van der Waals surface area contributed by atoms with E-state index in [4.69, 9.17) is 9.15 Å². The van der Waals surface area contributed by atoms with Crippen molar-refractivity contribution >= 4 is 22.6 Å². The van der Waals surface area contributed by atoms with Crippen LogP contribution in [0, 0.1) is 0 Å². The van der Waals surface area contributed by atoms with Gasteiger partial charge in [-0.15, -0.1) is 0 Å². The lowest BCUT2D eigenvalue weighted by Gasteiger charge is -2.29. The van der Waals surface area contributed by atoms with Crippen LogP contribution in [0.4, 0.5) is 18.9 Å². The fourth-order valence-electron chi connectivity index (χ4n) is 3.81. The number of hydrogen-bond acceptors (Lipinski definition) is 5. The molecule has 2 atom stereocenters. The van der Waals surface area contributed by atoms with Crippen LogP contribution in [0.25, 0.3) is 11.0 Å². The molecule has 3 heterocycles. The maximum atomic E-state index is 13.2. The number of carbonyl (C=O) groups excluding carboxylic acids is 1. The number of amides is 1. The zero-order valence-electron chi connectivity index (χ0n) is 15.1. The number of benzene rings is 1. The van der Waals surface area contributed by atoms with Crippen LogP contribution in [0.3, 0.4) is 0 Å². The van der Waals surface area contributed by atoms with Crippen LogP contribution in [0.15, 0.2) is 22.6 Å². The number of fused-ring (bicyclic) bond motifs is 3. The molecule has 0 aliphatic carbocycles. The largest absolute Gasteiger partial charge is 0.449 e. The van der Waals surface area contributed by atoms with Crippen molar-refractivity contribution in [3.63, 3.8) is 0 Å². The molecule has 4 rings (SSSR count). The van der Waals surface area contributed by atoms with Gasteiger partial charge in [0.15, 0.2) is 0 Å². The third-order valence-electron chi connectivity index (χ3n) is 5.24. The van der Waals surface area contributed by atoms with E-state index in [2.05, 4.69) is 5.32 Å². The lowest BCUT2D eigenvalue weighted by atomic mass is 10.0. The average molecular weight is 398 g/mol. The average Bonchev–Trinajstić information content (AvgIpc) is 2.95. The van der Waals surface area contributed by atoms with E-state index >= 15 is 0 Å². The van der Waals surface area contributed by atoms with Gasteiger partial charge in [0, 0.05) is 31.6 Å². The third-order valence-corrected chi connectivity index (χ3v) is 5.24. The van der Waals surface area contributed by atoms with Gasteiger partial charge in [-0.3, -0.25) is 4.79 Å². The summed E-state index contributed by atoms with van der Waals surface area (Å²) in [5.41, 5.74) is -0.163. The molecule has 2 N–H and O–H groups in total. The Morgan fingerprint density at radius 3 is 2.89 bits per heavy atom. The summed E-state index contributed by atoms with van der Waals surface area (Å²) in [5.74, 6) is -0.414. The molecular formula is C19H21F3N2O4. The number of aliphatic hydroxyl groups is 1. The van der Waals surface area contributed by atoms with E-state index in [1.807, 2.05) is 4.90 Å². The number of carbonyl (C=O) groups is 1. The first kappa shape index (κ1) is 19.1. The molecule has 0 radical (unpaired) electrons. The quantitative estimate of drug-likeness (QED) is 0.832. The fourth-order valence-corrected chi connectivity index (χ4v) is 3.81. The molecule has 1 aromatic heterocycles. The molecule has 1 aromatic carbocycles. The van der Waals surface area contributed by atoms with Crippen molar-refractivity contribution in [1.82, 2.24) is 5.32 Å². The first-order valence-corrected chi connectivity index (χ1v) is 9.29. The summed E-state index contributed by atoms with van der Waals surface area (Å²) in [6, 6.07) is 3.23. The molecule has 152 valence electrons. The Bertz CT molecular complexity index is 880. The molecule has 0 bridgehead atoms. The van der Waals surface area contributed by atoms with Crippen LogP contribution in [0.2, 0.25) is 0 Å². The Morgan fingerprint density at radius 1 is 1.32 bits per heavy atom. The Morgan fingerprint density at radius 2 is 2.14 bits per heavy atom. The number of rotatable bonds is 3. The summed E-state index contributed by atoms with van der Waals surface area (Å²) in [4.78, 5) is 14.2. The number of alkyl halides is 3. The van der Waals surface area contributed by atoms with E-state index in [1.54, 1.807) is 0 Å². The zero-order chi connectivity index (χ0) is 19.9. The Hall–Kier alpha value is -2.26. The first-order chi connectivity index (χ1) is 13.3. The second kappa shape index (κ2) is 7.29. The Kier molecular flexibility index (Phi) is 4.96. The molecule has 28 heavy (non-hydrogen) atoms. The van der Waals surface area contributed by atoms with E-state index in [0.29, 0.717) is 51.2 Å². The number of nitrogens with zero attached hydrogens (tertiary/aromatic N) is 1. The molecule has 0 saturated carbocycles. The number of hydrogen-bond donors (Lipinski definition) is 2. The molecule has 2 aromatic rings. The van der Waals surface area contributed by atoms with Crippen molar-refractivity contribution in [3.05, 3.63) is 29.5 Å². The highest BCUT2D eigenvalue weighted by Gasteiger charge is 2.34. The minimum Gasteiger partial charge on any atom is -0.449 e. The molecule has 2 aliphatic rings. The van der Waals surface area contributed by atoms with Crippen molar-refractivity contribution in [2.75, 3.05) is 31.1 Å². The third kappa shape index (κ3) is 3.68. The van der Waals surface area contributed by atoms with Crippen molar-refractivity contribution in [2.45, 2.75) is 37.6 Å². The van der Waals surface area contributed by atoms with Gasteiger partial charge in [-0.1, -0.05) is 0 Å². The molecule has 6 nitrogen and oxygen atoms in total. The van der Waals surface area contributed by atoms with Crippen molar-refractivity contribution in [2.24, 2.45) is 0 Å². The normalized spacial score (nSPS) is 23.4. The van der Waals surface area contributed by atoms with Gasteiger partial charge in [-0.2, -0.15) is 13.2 Å². The number of halogens is 3. The highest BCUT2D eigenvalue weighted by atomic mass is 19.4. The van der Waals surface area contributed by atoms with Gasteiger partial charge < -0.3 is 24.5 Å². The van der Waals surface area contributed by atoms with E-state index in [-0.39, 0.29) is 22.8 Å². The fraction of sp³-hybridized carbons (Fsp3) is 0.526. The van der Waals surface area contributed by atoms with E-state index < -0.39 is 23.8 Å². The highest BCUT2D eigenvalue weighted by Crippen LogP contribution is 2.39. The molecule has 9 heteroatoms. The van der Waals surface area contributed by atoms with E-state index in [1.165, 1.54) is 6.07 Å². The van der Waals surface area contributed by atoms with Gasteiger partial charge in [0.1, 0.15) is 5.58 Å². The lowest BCUT2D eigenvalue weighted by Crippen LogP contribution is -2.35. The van der Waals surface area contributed by atoms with Gasteiger partial charge in [0.05, 0.1) is 23.5 Å². The smallest absolute Gasteiger partial charge is 0.416 e. The summed E-state index contributed by atoms with van der Waals surface area (Å²) in [5, 5.41) is 12.8. The minimum absolute atomic E-state index is 0.0245. The Balaban J connectivity index is 1.67. The number of nitrogens with one attached hydrogen (secondary N) is 1. The summed E-state index contributed by atoms with van der Waals surface area (Å²) in [7, 11) is 0. The van der Waals surface area contributed by atoms with Crippen LogP contribution < -0.4 is 10.2 Å². The maximum absolute atomic E-state index is 13.2. The lowest BCUT2D eigenvalue weighted by molar-refractivity contribution is -0.137. The predicted octanol–water partition coefficient (Wildman–Crippen LogP) is 2.93. The van der Waals surface area contributed by atoms with Crippen molar-refractivity contribution in [1.29, 1.82) is 0 Å². The van der Waals surface area contributed by atoms with Crippen LogP contribution in [-0.2, 0) is 10.9 Å². The van der Waals surface area contributed by atoms with Crippen LogP contribution in [0.1, 0.15) is 35.4 Å². The second-order valence-electron chi connectivity index (χ2n) is 7.19. The van der Waals surface area contributed by atoms with Crippen LogP contribution >= 0.6 is 0 Å². The zero-order valence-corrected chi connectivity index (χ0v) is 15.1. The van der Waals surface area contributed by atoms with E-state index in [9.17, 15) is 23.1 Å². The predicted molar refractivity (Wildman–Crippen MR) is 95.4 cm³/mol. The van der Waals surface area contributed by atoms with Gasteiger partial charge in [0.25, 0.3) is 5.91 Å². The maximum Gasteiger partial charge on any atom is 0.416 e. The number of anilines is 1. The van der Waals surface area contributed by atoms with Crippen LogP contribution in [-0.4, -0.2) is 49.5 Å². The molecule has 0 spiro atoms. The van der Waals surface area contributed by atoms with Crippen molar-refractivity contribution < 1.29 is 32.2 Å². The second-order valence-corrected chi connectivity index (χ2v) is 7.19. The molecular weight excluding hydrogens is 377 g/mol. The number of ether oxygens (including phenoxy) is 1. The Labute approximate surface area is 159 Å². The number of furan rings is 1. The van der Waals surface area contributed by atoms with Gasteiger partial charge in [-0.25, -0.2) is 0 Å². The van der Waals surface area contributed by atoms with Crippen LogP contribution in [0.5, 0.6) is 0 Å². The van der Waals surface area contributed by atoms with Gasteiger partial charge in [0.2, 0.25) is 5.76 Å². The molecule has 1 saturated heterocycles. The molecule has 2 unspecified atom stereocenters. The summed E-state index contributed by atoms with van der Waals surface area (Å²) in [6.07, 6.45) is -3.27. The summed E-state index contributed by atoms with van der Waals surface area (Å²) in [6.45, 7) is 1.77. The highest BCUT2D eigenvalue weighted by molar-refractivity contribution is 6.07. The SMILES string of the molecule is O=C1NCCN(CCC2CC(O)CCO2)c2c1oc1ccc(C(F)(F)F)cc21.